The van der Waals surface area contributed by atoms with Crippen LogP contribution in [0.4, 0.5) is 0 Å². The van der Waals surface area contributed by atoms with E-state index in [1.54, 1.807) is 22.7 Å². The molecule has 0 aromatic carbocycles. The number of hydrogen-bond donors (Lipinski definition) is 2. The van der Waals surface area contributed by atoms with Gasteiger partial charge in [0.15, 0.2) is 58.2 Å². The summed E-state index contributed by atoms with van der Waals surface area (Å²) in [7, 11) is 0. The average Bonchev–Trinajstić information content (AvgIpc) is 4.17. The van der Waals surface area contributed by atoms with E-state index >= 15 is 0 Å². The van der Waals surface area contributed by atoms with E-state index in [1.165, 1.54) is 86.9 Å². The third-order valence-corrected chi connectivity index (χ3v) is 14.6. The van der Waals surface area contributed by atoms with Gasteiger partial charge in [0.2, 0.25) is 0 Å². The Hall–Kier alpha value is -0.0400. The number of unbranched alkanes of at least 4 members (excludes halogenated alkanes) is 9. The number of aliphatic hydroxyl groups excluding tert-OH is 2. The van der Waals surface area contributed by atoms with Crippen LogP contribution >= 0.6 is 109 Å². The summed E-state index contributed by atoms with van der Waals surface area (Å²) in [6, 6.07) is 0. The van der Waals surface area contributed by atoms with Crippen LogP contribution in [0, 0.1) is 0 Å². The maximum absolute atomic E-state index is 9.13. The molecule has 376 valence electrons. The zero-order chi connectivity index (χ0) is 46.9. The molecule has 0 spiro atoms. The van der Waals surface area contributed by atoms with E-state index in [0.717, 1.165) is 93.4 Å². The number of thiophene rings is 4. The van der Waals surface area contributed by atoms with Gasteiger partial charge in [-0.3, -0.25) is 0 Å². The minimum absolute atomic E-state index is 0. The molecule has 2 N–H and O–H groups in total. The predicted octanol–water partition coefficient (Wildman–Crippen LogP) is 9.93. The van der Waals surface area contributed by atoms with Crippen molar-refractivity contribution in [2.24, 2.45) is 0 Å². The molecule has 2 unspecified atom stereocenters. The van der Waals surface area contributed by atoms with Crippen molar-refractivity contribution in [3.63, 3.8) is 0 Å². The Labute approximate surface area is 470 Å². The Kier molecular flexibility index (Phi) is 36.1. The summed E-state index contributed by atoms with van der Waals surface area (Å²) < 4.78 is 55.2. The number of halogens is 4. The molecular formula is C46H67Br4NaO12S4. The van der Waals surface area contributed by atoms with Crippen LogP contribution in [0.25, 0.3) is 0 Å². The first-order valence-corrected chi connectivity index (χ1v) is 30.8. The van der Waals surface area contributed by atoms with Gasteiger partial charge in [0.1, 0.15) is 51.8 Å². The Balaban J connectivity index is 0.000000298. The van der Waals surface area contributed by atoms with Crippen molar-refractivity contribution in [3.8, 4) is 46.0 Å². The maximum atomic E-state index is 9.13. The fourth-order valence-corrected chi connectivity index (χ4v) is 10.3. The topological polar surface area (TPSA) is 133 Å². The van der Waals surface area contributed by atoms with Crippen molar-refractivity contribution in [2.45, 2.75) is 101 Å². The molecule has 0 amide bonds. The van der Waals surface area contributed by atoms with Gasteiger partial charge in [-0.2, -0.15) is 0 Å². The first kappa shape index (κ1) is 61.3. The summed E-state index contributed by atoms with van der Waals surface area (Å²) in [5.41, 5.74) is 0. The third-order valence-electron chi connectivity index (χ3n) is 9.60. The van der Waals surface area contributed by atoms with Crippen LogP contribution in [0.15, 0.2) is 43.0 Å². The zero-order valence-electron chi connectivity index (χ0n) is 39.4. The fraction of sp³-hybridized carbons (Fsp3) is 0.652. The van der Waals surface area contributed by atoms with Gasteiger partial charge in [0.25, 0.3) is 0 Å². The van der Waals surface area contributed by atoms with Gasteiger partial charge in [0, 0.05) is 77.6 Å². The number of rotatable bonds is 21. The smallest absolute Gasteiger partial charge is 1.00 e. The molecule has 0 fully saturated rings. The van der Waals surface area contributed by atoms with Gasteiger partial charge >= 0.3 is 29.6 Å². The molecule has 0 bridgehead atoms. The van der Waals surface area contributed by atoms with Gasteiger partial charge < -0.3 is 59.0 Å². The molecule has 67 heavy (non-hydrogen) atoms. The fourth-order valence-electron chi connectivity index (χ4n) is 6.00. The first-order valence-electron chi connectivity index (χ1n) is 22.5. The van der Waals surface area contributed by atoms with E-state index in [2.05, 4.69) is 63.7 Å². The summed E-state index contributed by atoms with van der Waals surface area (Å²) in [5, 5.41) is 37.8. The number of alkyl halides is 4. The van der Waals surface area contributed by atoms with Gasteiger partial charge in [0.05, 0.1) is 13.2 Å². The second-order valence-corrected chi connectivity index (χ2v) is 21.3. The molecule has 0 aliphatic carbocycles. The molecule has 21 heteroatoms. The van der Waals surface area contributed by atoms with Crippen LogP contribution in [0.2, 0.25) is 0 Å². The van der Waals surface area contributed by atoms with Gasteiger partial charge in [-0.05, 0) is 38.5 Å². The van der Waals surface area contributed by atoms with Gasteiger partial charge in [-0.15, -0.1) is 45.3 Å². The monoisotopic (exact) mass is 1280 g/mol. The second-order valence-electron chi connectivity index (χ2n) is 15.1. The number of aliphatic hydroxyl groups is 2. The Morgan fingerprint density at radius 2 is 0.806 bits per heavy atom. The van der Waals surface area contributed by atoms with E-state index in [9.17, 15) is 0 Å². The SMILES string of the molecule is BrCCCCCCBr.BrCCCCCCOC1COc2cscc2OC1.BrCCCCCCOCC1COc2cscc2O1.OC1COc2cscc2OC1.OCC1COc2cscc2O1.[H-].[Na+]. The standard InChI is InChI=1S/2C13H19BrO3S.2C7H8O3S.C6H12Br2.Na.H/c14-5-3-1-2-4-6-15-11-7-16-12-9-18-10-13(12)17-8-11;14-5-3-1-2-4-6-15-7-11-8-16-12-9-18-10-13(12)17-11;8-5-1-9-6-3-11-4-7(6)10-2-5;8-1-5-2-9-6-3-11-4-7(6)10-5;7-5-3-1-2-4-6-8;;/h2*9-11H,1-8H2;2*3-5,8H,1-2H2;1-6H2;;/q;;;;;+1;-1. The van der Waals surface area contributed by atoms with Crippen LogP contribution in [0.5, 0.6) is 46.0 Å². The minimum atomic E-state index is -0.507. The van der Waals surface area contributed by atoms with E-state index in [-0.39, 0.29) is 55.9 Å². The Bertz CT molecular complexity index is 1710. The van der Waals surface area contributed by atoms with Crippen LogP contribution in [0.3, 0.4) is 0 Å². The van der Waals surface area contributed by atoms with Crippen molar-refractivity contribution in [3.05, 3.63) is 43.0 Å². The summed E-state index contributed by atoms with van der Waals surface area (Å²) >= 11 is 19.9. The molecule has 4 aromatic heterocycles. The molecule has 8 heterocycles. The second kappa shape index (κ2) is 39.5. The largest absolute Gasteiger partial charge is 1.00 e. The first-order chi connectivity index (χ1) is 32.5. The summed E-state index contributed by atoms with van der Waals surface area (Å²) in [5.74, 6) is 6.45. The third kappa shape index (κ3) is 26.0. The molecule has 8 rings (SSSR count). The quantitative estimate of drug-likeness (QED) is 0.0468. The maximum Gasteiger partial charge on any atom is 1.00 e. The van der Waals surface area contributed by atoms with E-state index in [0.29, 0.717) is 46.2 Å². The molecule has 4 aromatic rings. The molecule has 0 saturated carbocycles. The Morgan fingerprint density at radius 3 is 1.24 bits per heavy atom. The Morgan fingerprint density at radius 1 is 0.463 bits per heavy atom. The zero-order valence-corrected chi connectivity index (χ0v) is 50.0. The van der Waals surface area contributed by atoms with Crippen molar-refractivity contribution in [1.82, 2.24) is 0 Å². The molecule has 12 nitrogen and oxygen atoms in total. The number of fused-ring (bicyclic) bond motifs is 4. The number of ether oxygens (including phenoxy) is 10. The summed E-state index contributed by atoms with van der Waals surface area (Å²) in [6.45, 7) is 5.10. The molecule has 0 radical (unpaired) electrons. The van der Waals surface area contributed by atoms with Crippen LogP contribution in [-0.2, 0) is 9.47 Å². The van der Waals surface area contributed by atoms with E-state index in [4.69, 9.17) is 57.6 Å². The van der Waals surface area contributed by atoms with Crippen LogP contribution < -0.4 is 67.5 Å². The van der Waals surface area contributed by atoms with Crippen molar-refractivity contribution in [2.75, 3.05) is 87.4 Å². The average molecular weight is 1280 g/mol. The summed E-state index contributed by atoms with van der Waals surface area (Å²) in [4.78, 5) is 0. The van der Waals surface area contributed by atoms with E-state index in [1.807, 2.05) is 43.0 Å². The predicted molar refractivity (Wildman–Crippen MR) is 284 cm³/mol. The molecule has 4 aliphatic rings. The molecule has 0 saturated heterocycles. The van der Waals surface area contributed by atoms with Crippen molar-refractivity contribution in [1.29, 1.82) is 0 Å². The number of hydrogen-bond acceptors (Lipinski definition) is 16. The van der Waals surface area contributed by atoms with Crippen molar-refractivity contribution < 1.29 is 88.6 Å². The normalized spacial score (nSPS) is 16.7. The van der Waals surface area contributed by atoms with Gasteiger partial charge in [-0.25, -0.2) is 0 Å². The molecule has 4 aliphatic heterocycles. The summed E-state index contributed by atoms with van der Waals surface area (Å²) in [6.07, 6.45) is 14.5. The molecule has 2 atom stereocenters. The molecular weight excluding hydrogens is 1220 g/mol. The van der Waals surface area contributed by atoms with Gasteiger partial charge in [-0.1, -0.05) is 102 Å². The van der Waals surface area contributed by atoms with E-state index < -0.39 is 6.10 Å². The van der Waals surface area contributed by atoms with Crippen molar-refractivity contribution >= 4 is 109 Å². The van der Waals surface area contributed by atoms with Crippen LogP contribution in [-0.4, -0.2) is 122 Å². The van der Waals surface area contributed by atoms with Crippen LogP contribution in [0.1, 0.15) is 78.5 Å². The minimum Gasteiger partial charge on any atom is -1.00 e.